The molecule has 1 aromatic carbocycles. The summed E-state index contributed by atoms with van der Waals surface area (Å²) < 4.78 is 34.5. The molecule has 4 rings (SSSR count). The van der Waals surface area contributed by atoms with Gasteiger partial charge in [0.25, 0.3) is 0 Å². The SMILES string of the molecule is COc1ccc(S(=O)(=O)N2CCCCC2)cc1NC(=O)NCc1cnn2ccccc12. The van der Waals surface area contributed by atoms with Gasteiger partial charge in [0, 0.05) is 31.4 Å². The van der Waals surface area contributed by atoms with Gasteiger partial charge in [-0.2, -0.15) is 9.40 Å². The average Bonchev–Trinajstić information content (AvgIpc) is 3.21. The molecule has 10 heteroatoms. The van der Waals surface area contributed by atoms with Crippen LogP contribution in [0.3, 0.4) is 0 Å². The molecule has 164 valence electrons. The first kappa shape index (κ1) is 21.1. The molecule has 0 saturated carbocycles. The zero-order chi connectivity index (χ0) is 21.8. The molecule has 0 atom stereocenters. The molecular weight excluding hydrogens is 418 g/mol. The van der Waals surface area contributed by atoms with E-state index in [0.717, 1.165) is 30.3 Å². The highest BCUT2D eigenvalue weighted by Gasteiger charge is 2.27. The Morgan fingerprint density at radius 3 is 2.74 bits per heavy atom. The van der Waals surface area contributed by atoms with Crippen molar-refractivity contribution in [1.29, 1.82) is 0 Å². The number of benzene rings is 1. The van der Waals surface area contributed by atoms with Crippen molar-refractivity contribution in [3.05, 3.63) is 54.4 Å². The monoisotopic (exact) mass is 443 g/mol. The van der Waals surface area contributed by atoms with Gasteiger partial charge in [-0.1, -0.05) is 12.5 Å². The summed E-state index contributed by atoms with van der Waals surface area (Å²) >= 11 is 0. The summed E-state index contributed by atoms with van der Waals surface area (Å²) in [4.78, 5) is 12.6. The Morgan fingerprint density at radius 1 is 1.16 bits per heavy atom. The maximum Gasteiger partial charge on any atom is 0.319 e. The van der Waals surface area contributed by atoms with Gasteiger partial charge < -0.3 is 15.4 Å². The molecule has 31 heavy (non-hydrogen) atoms. The summed E-state index contributed by atoms with van der Waals surface area (Å²) in [7, 11) is -2.15. The van der Waals surface area contributed by atoms with Gasteiger partial charge in [0.05, 0.1) is 29.4 Å². The first-order valence-corrected chi connectivity index (χ1v) is 11.6. The van der Waals surface area contributed by atoms with E-state index in [2.05, 4.69) is 15.7 Å². The van der Waals surface area contributed by atoms with Crippen molar-refractivity contribution in [1.82, 2.24) is 19.2 Å². The van der Waals surface area contributed by atoms with E-state index in [4.69, 9.17) is 4.74 Å². The lowest BCUT2D eigenvalue weighted by Gasteiger charge is -2.26. The Bertz CT molecular complexity index is 1190. The summed E-state index contributed by atoms with van der Waals surface area (Å²) in [6, 6.07) is 9.72. The standard InChI is InChI=1S/C21H25N5O4S/c1-30-20-9-8-17(31(28,29)25-10-4-2-5-11-25)13-18(20)24-21(27)22-14-16-15-23-26-12-6-3-7-19(16)26/h3,6-9,12-13,15H,2,4-5,10-11,14H2,1H3,(H2,22,24,27). The number of rotatable bonds is 6. The summed E-state index contributed by atoms with van der Waals surface area (Å²) in [5, 5.41) is 9.73. The van der Waals surface area contributed by atoms with Crippen molar-refractivity contribution in [3.63, 3.8) is 0 Å². The molecule has 2 amide bonds. The van der Waals surface area contributed by atoms with E-state index in [0.29, 0.717) is 18.8 Å². The fourth-order valence-corrected chi connectivity index (χ4v) is 5.21. The number of urea groups is 1. The highest BCUT2D eigenvalue weighted by atomic mass is 32.2. The van der Waals surface area contributed by atoms with Crippen molar-refractivity contribution >= 4 is 27.3 Å². The van der Waals surface area contributed by atoms with Gasteiger partial charge in [-0.05, 0) is 43.2 Å². The molecule has 2 N–H and O–H groups in total. The van der Waals surface area contributed by atoms with Gasteiger partial charge in [0.1, 0.15) is 5.75 Å². The smallest absolute Gasteiger partial charge is 0.319 e. The van der Waals surface area contributed by atoms with Crippen LogP contribution in [0.1, 0.15) is 24.8 Å². The number of sulfonamides is 1. The lowest BCUT2D eigenvalue weighted by molar-refractivity contribution is 0.251. The number of methoxy groups -OCH3 is 1. The number of hydrogen-bond acceptors (Lipinski definition) is 5. The number of carbonyl (C=O) groups is 1. The minimum Gasteiger partial charge on any atom is -0.495 e. The molecule has 2 aromatic heterocycles. The lowest BCUT2D eigenvalue weighted by Crippen LogP contribution is -2.35. The van der Waals surface area contributed by atoms with Crippen molar-refractivity contribution in [2.75, 3.05) is 25.5 Å². The Kier molecular flexibility index (Phi) is 6.10. The number of anilines is 1. The van der Waals surface area contributed by atoms with Crippen LogP contribution in [0.4, 0.5) is 10.5 Å². The number of nitrogens with one attached hydrogen (secondary N) is 2. The van der Waals surface area contributed by atoms with Crippen molar-refractivity contribution in [2.45, 2.75) is 30.7 Å². The zero-order valence-electron chi connectivity index (χ0n) is 17.2. The van der Waals surface area contributed by atoms with Crippen LogP contribution in [0.2, 0.25) is 0 Å². The Morgan fingerprint density at radius 2 is 1.97 bits per heavy atom. The van der Waals surface area contributed by atoms with Gasteiger partial charge in [0.15, 0.2) is 0 Å². The average molecular weight is 444 g/mol. The first-order chi connectivity index (χ1) is 15.0. The first-order valence-electron chi connectivity index (χ1n) is 10.1. The second-order valence-corrected chi connectivity index (χ2v) is 9.27. The van der Waals surface area contributed by atoms with E-state index in [-0.39, 0.29) is 17.1 Å². The molecule has 0 radical (unpaired) electrons. The molecule has 3 heterocycles. The van der Waals surface area contributed by atoms with Crippen LogP contribution in [0, 0.1) is 0 Å². The molecule has 1 aliphatic rings. The summed E-state index contributed by atoms with van der Waals surface area (Å²) in [6.45, 7) is 1.29. The number of carbonyl (C=O) groups excluding carboxylic acids is 1. The van der Waals surface area contributed by atoms with Crippen LogP contribution in [-0.4, -0.2) is 48.6 Å². The number of piperidine rings is 1. The zero-order valence-corrected chi connectivity index (χ0v) is 18.1. The molecule has 3 aromatic rings. The van der Waals surface area contributed by atoms with E-state index >= 15 is 0 Å². The van der Waals surface area contributed by atoms with Gasteiger partial charge in [-0.15, -0.1) is 0 Å². The van der Waals surface area contributed by atoms with Gasteiger partial charge in [-0.25, -0.2) is 17.7 Å². The number of pyridine rings is 1. The number of ether oxygens (including phenoxy) is 1. The van der Waals surface area contributed by atoms with E-state index in [1.54, 1.807) is 16.8 Å². The quantitative estimate of drug-likeness (QED) is 0.610. The van der Waals surface area contributed by atoms with Crippen molar-refractivity contribution < 1.29 is 17.9 Å². The number of amides is 2. The molecule has 0 spiro atoms. The van der Waals surface area contributed by atoms with Crippen LogP contribution < -0.4 is 15.4 Å². The minimum atomic E-state index is -3.62. The maximum atomic E-state index is 13.0. The fraction of sp³-hybridized carbons (Fsp3) is 0.333. The Labute approximate surface area is 181 Å². The van der Waals surface area contributed by atoms with Gasteiger partial charge in [0.2, 0.25) is 10.0 Å². The predicted molar refractivity (Wildman–Crippen MR) is 117 cm³/mol. The predicted octanol–water partition coefficient (Wildman–Crippen LogP) is 2.84. The summed E-state index contributed by atoms with van der Waals surface area (Å²) in [6.07, 6.45) is 6.27. The summed E-state index contributed by atoms with van der Waals surface area (Å²) in [5.41, 5.74) is 2.05. The third kappa shape index (κ3) is 4.49. The molecule has 0 aliphatic carbocycles. The third-order valence-corrected chi connectivity index (χ3v) is 7.21. The Hall–Kier alpha value is -3.11. The number of fused-ring (bicyclic) bond motifs is 1. The number of nitrogens with zero attached hydrogens (tertiary/aromatic N) is 3. The Balaban J connectivity index is 1.49. The van der Waals surface area contributed by atoms with Crippen LogP contribution in [0.15, 0.2) is 53.7 Å². The largest absolute Gasteiger partial charge is 0.495 e. The molecule has 1 aliphatic heterocycles. The molecular formula is C21H25N5O4S. The van der Waals surface area contributed by atoms with Crippen LogP contribution in [0.5, 0.6) is 5.75 Å². The highest BCUT2D eigenvalue weighted by Crippen LogP contribution is 2.30. The van der Waals surface area contributed by atoms with E-state index in [1.807, 2.05) is 24.4 Å². The fourth-order valence-electron chi connectivity index (χ4n) is 3.67. The van der Waals surface area contributed by atoms with E-state index in [9.17, 15) is 13.2 Å². The van der Waals surface area contributed by atoms with Crippen LogP contribution in [0.25, 0.3) is 5.52 Å². The molecule has 9 nitrogen and oxygen atoms in total. The molecule has 1 fully saturated rings. The third-order valence-electron chi connectivity index (χ3n) is 5.32. The van der Waals surface area contributed by atoms with E-state index < -0.39 is 16.1 Å². The van der Waals surface area contributed by atoms with E-state index in [1.165, 1.54) is 23.5 Å². The lowest BCUT2D eigenvalue weighted by atomic mass is 10.2. The van der Waals surface area contributed by atoms with Crippen LogP contribution in [-0.2, 0) is 16.6 Å². The molecule has 0 unspecified atom stereocenters. The second-order valence-electron chi connectivity index (χ2n) is 7.33. The van der Waals surface area contributed by atoms with Crippen molar-refractivity contribution in [3.8, 4) is 5.75 Å². The highest BCUT2D eigenvalue weighted by molar-refractivity contribution is 7.89. The normalized spacial score (nSPS) is 15.0. The summed E-state index contributed by atoms with van der Waals surface area (Å²) in [5.74, 6) is 0.378. The topological polar surface area (TPSA) is 105 Å². The molecule has 0 bridgehead atoms. The minimum absolute atomic E-state index is 0.133. The van der Waals surface area contributed by atoms with Crippen molar-refractivity contribution in [2.24, 2.45) is 0 Å². The maximum absolute atomic E-state index is 13.0. The van der Waals surface area contributed by atoms with Crippen LogP contribution >= 0.6 is 0 Å². The van der Waals surface area contributed by atoms with Gasteiger partial charge >= 0.3 is 6.03 Å². The number of aromatic nitrogens is 2. The second kappa shape index (κ2) is 8.94. The molecule has 1 saturated heterocycles. The van der Waals surface area contributed by atoms with Gasteiger partial charge in [-0.3, -0.25) is 0 Å². The number of hydrogen-bond donors (Lipinski definition) is 2.